The van der Waals surface area contributed by atoms with Crippen LogP contribution in [0, 0.1) is 0 Å². The van der Waals surface area contributed by atoms with Crippen molar-refractivity contribution in [2.75, 3.05) is 21.2 Å². The van der Waals surface area contributed by atoms with Crippen LogP contribution < -0.4 is 5.32 Å². The van der Waals surface area contributed by atoms with E-state index >= 15 is 0 Å². The summed E-state index contributed by atoms with van der Waals surface area (Å²) in [7, 11) is 5.07. The number of alkyl halides is 3. The summed E-state index contributed by atoms with van der Waals surface area (Å²) in [5.41, 5.74) is -0.00198. The quantitative estimate of drug-likeness (QED) is 0.586. The molecule has 2 rings (SSSR count). The highest BCUT2D eigenvalue weighted by Gasteiger charge is 2.33. The molecule has 11 heteroatoms. The number of hydrogen-bond donors (Lipinski definition) is 1. The number of hydrogen-bond acceptors (Lipinski definition) is 6. The maximum atomic E-state index is 12.6. The normalized spacial score (nSPS) is 13.7. The molecule has 0 spiro atoms. The van der Waals surface area contributed by atoms with E-state index in [1.54, 1.807) is 14.2 Å². The zero-order valence-corrected chi connectivity index (χ0v) is 16.4. The molecule has 144 valence electrons. The van der Waals surface area contributed by atoms with Crippen molar-refractivity contribution < 1.29 is 17.9 Å². The van der Waals surface area contributed by atoms with E-state index in [1.807, 2.05) is 24.3 Å². The molecule has 0 radical (unpaired) electrons. The van der Waals surface area contributed by atoms with Gasteiger partial charge in [-0.05, 0) is 6.92 Å². The molecule has 0 amide bonds. The first kappa shape index (κ1) is 20.6. The molecule has 26 heavy (non-hydrogen) atoms. The second-order valence-electron chi connectivity index (χ2n) is 5.44. The van der Waals surface area contributed by atoms with Gasteiger partial charge < -0.3 is 15.0 Å². The number of aliphatic imine (C=N–C) groups is 1. The first-order chi connectivity index (χ1) is 12.2. The summed E-state index contributed by atoms with van der Waals surface area (Å²) in [6.07, 6.45) is -4.49. The maximum Gasteiger partial charge on any atom is 0.434 e. The minimum absolute atomic E-state index is 0.0655. The monoisotopic (exact) mass is 407 g/mol. The van der Waals surface area contributed by atoms with Gasteiger partial charge in [-0.25, -0.2) is 9.97 Å². The average Bonchev–Trinajstić information content (AvgIpc) is 3.23. The lowest BCUT2D eigenvalue weighted by atomic mass is 10.4. The fraction of sp³-hybridized carbons (Fsp3) is 0.533. The Hall–Kier alpha value is -1.72. The smallest absolute Gasteiger partial charge is 0.375 e. The van der Waals surface area contributed by atoms with Gasteiger partial charge in [-0.1, -0.05) is 0 Å². The van der Waals surface area contributed by atoms with E-state index in [-0.39, 0.29) is 12.6 Å². The van der Waals surface area contributed by atoms with Crippen molar-refractivity contribution in [3.8, 4) is 0 Å². The van der Waals surface area contributed by atoms with Crippen molar-refractivity contribution in [3.05, 3.63) is 32.2 Å². The maximum absolute atomic E-state index is 12.6. The Balaban J connectivity index is 1.93. The van der Waals surface area contributed by atoms with Gasteiger partial charge in [-0.3, -0.25) is 4.99 Å². The summed E-state index contributed by atoms with van der Waals surface area (Å²) in [5, 5.41) is 7.21. The second kappa shape index (κ2) is 8.78. The molecule has 0 aliphatic carbocycles. The van der Waals surface area contributed by atoms with Gasteiger partial charge in [0.05, 0.1) is 18.8 Å². The lowest BCUT2D eigenvalue weighted by molar-refractivity contribution is -0.140. The van der Waals surface area contributed by atoms with Crippen LogP contribution in [0.3, 0.4) is 0 Å². The molecule has 0 fully saturated rings. The third-order valence-corrected chi connectivity index (χ3v) is 5.39. The molecule has 1 unspecified atom stereocenters. The number of rotatable bonds is 6. The van der Waals surface area contributed by atoms with Gasteiger partial charge in [0.1, 0.15) is 16.1 Å². The third-order valence-electron chi connectivity index (χ3n) is 3.48. The first-order valence-electron chi connectivity index (χ1n) is 7.65. The van der Waals surface area contributed by atoms with Crippen LogP contribution in [0.5, 0.6) is 0 Å². The minimum Gasteiger partial charge on any atom is -0.375 e. The van der Waals surface area contributed by atoms with E-state index < -0.39 is 11.9 Å². The largest absolute Gasteiger partial charge is 0.434 e. The highest BCUT2D eigenvalue weighted by Crippen LogP contribution is 2.30. The van der Waals surface area contributed by atoms with Crippen LogP contribution in [-0.2, 0) is 24.0 Å². The number of guanidine groups is 1. The molecule has 2 aromatic heterocycles. The Morgan fingerprint density at radius 2 is 2.08 bits per heavy atom. The summed E-state index contributed by atoms with van der Waals surface area (Å²) in [4.78, 5) is 14.1. The van der Waals surface area contributed by atoms with E-state index in [0.29, 0.717) is 17.5 Å². The van der Waals surface area contributed by atoms with Crippen molar-refractivity contribution in [2.45, 2.75) is 32.3 Å². The van der Waals surface area contributed by atoms with Gasteiger partial charge in [0, 0.05) is 32.0 Å². The second-order valence-corrected chi connectivity index (χ2v) is 7.27. The predicted molar refractivity (Wildman–Crippen MR) is 96.3 cm³/mol. The molecular formula is C15H20F3N5OS2. The van der Waals surface area contributed by atoms with Gasteiger partial charge in [0.15, 0.2) is 11.7 Å². The summed E-state index contributed by atoms with van der Waals surface area (Å²) >= 11 is 2.48. The zero-order valence-electron chi connectivity index (χ0n) is 14.8. The summed E-state index contributed by atoms with van der Waals surface area (Å²) in [6.45, 7) is 2.61. The van der Waals surface area contributed by atoms with E-state index in [4.69, 9.17) is 4.74 Å². The number of nitrogens with zero attached hydrogens (tertiary/aromatic N) is 4. The first-order valence-corrected chi connectivity index (χ1v) is 9.41. The Labute approximate surface area is 157 Å². The van der Waals surface area contributed by atoms with Crippen molar-refractivity contribution in [3.63, 3.8) is 0 Å². The van der Waals surface area contributed by atoms with Crippen LogP contribution in [0.15, 0.2) is 15.8 Å². The van der Waals surface area contributed by atoms with Crippen LogP contribution in [0.4, 0.5) is 13.2 Å². The molecule has 0 saturated carbocycles. The Morgan fingerprint density at radius 3 is 2.65 bits per heavy atom. The fourth-order valence-electron chi connectivity index (χ4n) is 2.06. The predicted octanol–water partition coefficient (Wildman–Crippen LogP) is 3.53. The van der Waals surface area contributed by atoms with Crippen LogP contribution in [0.2, 0.25) is 0 Å². The standard InChI is InChI=1S/C15H20F3N5OS2/c1-9(24-4)13-21-10(7-26-13)6-23(3)14(19-2)20-5-12-22-11(8-25-12)15(16,17)18/h7-9H,5-6H2,1-4H3,(H,19,20). The summed E-state index contributed by atoms with van der Waals surface area (Å²) in [5.74, 6) is 0.545. The SMILES string of the molecule is CN=C(NCc1nc(C(F)(F)F)cs1)N(C)Cc1csc(C(C)OC)n1. The highest BCUT2D eigenvalue weighted by molar-refractivity contribution is 7.10. The topological polar surface area (TPSA) is 62.6 Å². The Bertz CT molecular complexity index is 744. The van der Waals surface area contributed by atoms with Crippen molar-refractivity contribution in [1.29, 1.82) is 0 Å². The summed E-state index contributed by atoms with van der Waals surface area (Å²) in [6, 6.07) is 0. The fourth-order valence-corrected chi connectivity index (χ4v) is 3.64. The van der Waals surface area contributed by atoms with E-state index in [1.165, 1.54) is 11.3 Å². The van der Waals surface area contributed by atoms with Gasteiger partial charge in [0.2, 0.25) is 0 Å². The van der Waals surface area contributed by atoms with E-state index in [0.717, 1.165) is 27.4 Å². The van der Waals surface area contributed by atoms with Gasteiger partial charge >= 0.3 is 6.18 Å². The Morgan fingerprint density at radius 1 is 1.35 bits per heavy atom. The van der Waals surface area contributed by atoms with Gasteiger partial charge in [-0.15, -0.1) is 22.7 Å². The third kappa shape index (κ3) is 5.39. The number of aromatic nitrogens is 2. The zero-order chi connectivity index (χ0) is 19.3. The molecule has 0 aromatic carbocycles. The average molecular weight is 407 g/mol. The lowest BCUT2D eigenvalue weighted by Crippen LogP contribution is -2.38. The molecule has 0 aliphatic rings. The van der Waals surface area contributed by atoms with Crippen LogP contribution in [-0.4, -0.2) is 42.0 Å². The molecule has 0 aliphatic heterocycles. The molecule has 6 nitrogen and oxygen atoms in total. The van der Waals surface area contributed by atoms with Gasteiger partial charge in [-0.2, -0.15) is 13.2 Å². The number of thiazole rings is 2. The molecule has 1 atom stereocenters. The van der Waals surface area contributed by atoms with Gasteiger partial charge in [0.25, 0.3) is 0 Å². The van der Waals surface area contributed by atoms with Crippen LogP contribution >= 0.6 is 22.7 Å². The summed E-state index contributed by atoms with van der Waals surface area (Å²) < 4.78 is 43.0. The molecule has 0 saturated heterocycles. The van der Waals surface area contributed by atoms with E-state index in [9.17, 15) is 13.2 Å². The van der Waals surface area contributed by atoms with Crippen molar-refractivity contribution >= 4 is 28.6 Å². The molecule has 0 bridgehead atoms. The minimum atomic E-state index is -4.42. The molecule has 2 aromatic rings. The van der Waals surface area contributed by atoms with E-state index in [2.05, 4.69) is 20.3 Å². The Kier molecular flexibility index (Phi) is 6.95. The molecule has 1 N–H and O–H groups in total. The lowest BCUT2D eigenvalue weighted by Gasteiger charge is -2.20. The molecule has 2 heterocycles. The molecular weight excluding hydrogens is 387 g/mol. The van der Waals surface area contributed by atoms with Crippen molar-refractivity contribution in [2.24, 2.45) is 4.99 Å². The highest BCUT2D eigenvalue weighted by atomic mass is 32.1. The van der Waals surface area contributed by atoms with Crippen LogP contribution in [0.1, 0.15) is 34.4 Å². The number of nitrogens with one attached hydrogen (secondary N) is 1. The number of methoxy groups -OCH3 is 1. The number of halogens is 3. The van der Waals surface area contributed by atoms with Crippen LogP contribution in [0.25, 0.3) is 0 Å². The number of ether oxygens (including phenoxy) is 1. The van der Waals surface area contributed by atoms with Crippen molar-refractivity contribution in [1.82, 2.24) is 20.2 Å².